The van der Waals surface area contributed by atoms with Crippen molar-refractivity contribution in [2.45, 2.75) is 18.7 Å². The molecule has 1 saturated heterocycles. The molecule has 0 aromatic heterocycles. The van der Waals surface area contributed by atoms with Gasteiger partial charge in [-0.25, -0.2) is 0 Å². The van der Waals surface area contributed by atoms with E-state index in [1.165, 1.54) is 0 Å². The van der Waals surface area contributed by atoms with Crippen molar-refractivity contribution in [2.75, 3.05) is 32.6 Å². The summed E-state index contributed by atoms with van der Waals surface area (Å²) in [5.41, 5.74) is 0.963. The molecule has 1 aromatic rings. The summed E-state index contributed by atoms with van der Waals surface area (Å²) in [6, 6.07) is 5.28. The molecule has 1 aliphatic rings. The Kier molecular flexibility index (Phi) is 5.76. The van der Waals surface area contributed by atoms with E-state index >= 15 is 0 Å². The molecule has 1 aromatic carbocycles. The summed E-state index contributed by atoms with van der Waals surface area (Å²) in [7, 11) is 1.63. The number of phenols is 1. The number of carbonyl (C=O) groups excluding carboxylic acids is 1. The number of aromatic hydroxyl groups is 1. The minimum absolute atomic E-state index is 0.0544. The molecule has 6 heteroatoms. The summed E-state index contributed by atoms with van der Waals surface area (Å²) in [6.07, 6.45) is 0.557. The number of amides is 1. The van der Waals surface area contributed by atoms with Crippen LogP contribution in [0.3, 0.4) is 0 Å². The summed E-state index contributed by atoms with van der Waals surface area (Å²) < 4.78 is 10.5. The highest BCUT2D eigenvalue weighted by Gasteiger charge is 2.30. The average Bonchev–Trinajstić information content (AvgIpc) is 2.48. The van der Waals surface area contributed by atoms with E-state index in [9.17, 15) is 9.90 Å². The van der Waals surface area contributed by atoms with Crippen LogP contribution in [0.25, 0.3) is 0 Å². The molecule has 21 heavy (non-hydrogen) atoms. The summed E-state index contributed by atoms with van der Waals surface area (Å²) in [6.45, 7) is 3.44. The lowest BCUT2D eigenvalue weighted by Gasteiger charge is -2.35. The number of thioether (sulfide) groups is 1. The fraction of sp³-hybridized carbons (Fsp3) is 0.533. The Bertz CT molecular complexity index is 495. The van der Waals surface area contributed by atoms with Crippen LogP contribution in [0.15, 0.2) is 18.2 Å². The van der Waals surface area contributed by atoms with Gasteiger partial charge in [-0.15, -0.1) is 11.8 Å². The first-order valence-corrected chi connectivity index (χ1v) is 8.08. The van der Waals surface area contributed by atoms with Crippen molar-refractivity contribution in [3.05, 3.63) is 23.8 Å². The van der Waals surface area contributed by atoms with Crippen LogP contribution in [0.5, 0.6) is 11.5 Å². The molecule has 0 bridgehead atoms. The zero-order valence-corrected chi connectivity index (χ0v) is 13.2. The van der Waals surface area contributed by atoms with Gasteiger partial charge >= 0.3 is 0 Å². The molecule has 1 heterocycles. The summed E-state index contributed by atoms with van der Waals surface area (Å²) in [5, 5.41) is 9.74. The zero-order chi connectivity index (χ0) is 15.2. The second-order valence-corrected chi connectivity index (χ2v) is 5.90. The molecule has 1 aliphatic heterocycles. The molecule has 0 saturated carbocycles. The maximum Gasteiger partial charge on any atom is 0.224 e. The molecule has 5 nitrogen and oxygen atoms in total. The third kappa shape index (κ3) is 3.83. The summed E-state index contributed by atoms with van der Waals surface area (Å²) in [4.78, 5) is 14.0. The summed E-state index contributed by atoms with van der Waals surface area (Å²) >= 11 is 1.72. The largest absolute Gasteiger partial charge is 0.504 e. The van der Waals surface area contributed by atoms with Gasteiger partial charge in [0.2, 0.25) is 5.91 Å². The Morgan fingerprint density at radius 1 is 1.48 bits per heavy atom. The maximum atomic E-state index is 12.1. The first kappa shape index (κ1) is 16.0. The number of rotatable bonds is 6. The van der Waals surface area contributed by atoms with E-state index in [-0.39, 0.29) is 17.0 Å². The van der Waals surface area contributed by atoms with E-state index in [1.54, 1.807) is 24.9 Å². The topological polar surface area (TPSA) is 59.0 Å². The van der Waals surface area contributed by atoms with E-state index in [0.29, 0.717) is 31.9 Å². The van der Waals surface area contributed by atoms with Crippen molar-refractivity contribution >= 4 is 17.7 Å². The number of ether oxygens (including phenoxy) is 2. The molecule has 1 unspecified atom stereocenters. The van der Waals surface area contributed by atoms with Gasteiger partial charge in [0.1, 0.15) is 5.37 Å². The molecule has 1 amide bonds. The van der Waals surface area contributed by atoms with Gasteiger partial charge in [0.15, 0.2) is 11.5 Å². The van der Waals surface area contributed by atoms with Crippen molar-refractivity contribution in [1.82, 2.24) is 4.90 Å². The molecular formula is C15H21NO4S. The molecule has 1 fully saturated rings. The molecule has 2 rings (SSSR count). The number of methoxy groups -OCH3 is 1. The number of carbonyl (C=O) groups is 1. The Hall–Kier alpha value is -1.40. The normalized spacial score (nSPS) is 18.9. The fourth-order valence-corrected chi connectivity index (χ4v) is 3.54. The molecular weight excluding hydrogens is 290 g/mol. The molecule has 1 atom stereocenters. The van der Waals surface area contributed by atoms with Crippen LogP contribution in [-0.4, -0.2) is 48.5 Å². The van der Waals surface area contributed by atoms with Crippen molar-refractivity contribution in [3.8, 4) is 11.5 Å². The number of hydrogen-bond donors (Lipinski definition) is 1. The highest BCUT2D eigenvalue weighted by Crippen LogP contribution is 2.40. The van der Waals surface area contributed by atoms with Gasteiger partial charge in [-0.05, 0) is 24.6 Å². The van der Waals surface area contributed by atoms with Gasteiger partial charge in [-0.3, -0.25) is 4.79 Å². The van der Waals surface area contributed by atoms with Gasteiger partial charge in [0.25, 0.3) is 0 Å². The standard InChI is InChI=1S/C15H21NO4S/c1-3-20-13-10-11(4-5-12(13)17)15-16(7-8-19-2)14(18)6-9-21-15/h4-5,10,15,17H,3,6-9H2,1-2H3. The first-order chi connectivity index (χ1) is 10.2. The van der Waals surface area contributed by atoms with Crippen molar-refractivity contribution in [1.29, 1.82) is 0 Å². The molecule has 0 spiro atoms. The van der Waals surface area contributed by atoms with E-state index in [2.05, 4.69) is 0 Å². The van der Waals surface area contributed by atoms with Crippen molar-refractivity contribution in [2.24, 2.45) is 0 Å². The minimum atomic E-state index is -0.0544. The Morgan fingerprint density at radius 3 is 3.00 bits per heavy atom. The SMILES string of the molecule is CCOc1cc(C2SCCC(=O)N2CCOC)ccc1O. The van der Waals surface area contributed by atoms with Gasteiger partial charge in [-0.2, -0.15) is 0 Å². The Labute approximate surface area is 129 Å². The lowest BCUT2D eigenvalue weighted by molar-refractivity contribution is -0.132. The maximum absolute atomic E-state index is 12.1. The predicted molar refractivity (Wildman–Crippen MR) is 82.7 cm³/mol. The third-order valence-corrected chi connectivity index (χ3v) is 4.58. The predicted octanol–water partition coefficient (Wildman–Crippen LogP) is 2.40. The van der Waals surface area contributed by atoms with Gasteiger partial charge < -0.3 is 19.5 Å². The fourth-order valence-electron chi connectivity index (χ4n) is 2.29. The molecule has 0 aliphatic carbocycles. The van der Waals surface area contributed by atoms with Crippen LogP contribution in [0, 0.1) is 0 Å². The van der Waals surface area contributed by atoms with Crippen LogP contribution in [0.4, 0.5) is 0 Å². The van der Waals surface area contributed by atoms with E-state index in [0.717, 1.165) is 11.3 Å². The summed E-state index contributed by atoms with van der Waals surface area (Å²) in [5.74, 6) is 1.52. The monoisotopic (exact) mass is 311 g/mol. The van der Waals surface area contributed by atoms with Crippen LogP contribution in [0.1, 0.15) is 24.3 Å². The van der Waals surface area contributed by atoms with Crippen LogP contribution in [0.2, 0.25) is 0 Å². The minimum Gasteiger partial charge on any atom is -0.504 e. The smallest absolute Gasteiger partial charge is 0.224 e. The molecule has 0 radical (unpaired) electrons. The molecule has 116 valence electrons. The zero-order valence-electron chi connectivity index (χ0n) is 12.4. The van der Waals surface area contributed by atoms with Crippen LogP contribution < -0.4 is 4.74 Å². The van der Waals surface area contributed by atoms with Crippen molar-refractivity contribution in [3.63, 3.8) is 0 Å². The Morgan fingerprint density at radius 2 is 2.29 bits per heavy atom. The first-order valence-electron chi connectivity index (χ1n) is 7.03. The molecule has 1 N–H and O–H groups in total. The van der Waals surface area contributed by atoms with E-state index in [4.69, 9.17) is 9.47 Å². The average molecular weight is 311 g/mol. The van der Waals surface area contributed by atoms with Gasteiger partial charge in [0.05, 0.1) is 13.2 Å². The number of hydrogen-bond acceptors (Lipinski definition) is 5. The van der Waals surface area contributed by atoms with Crippen molar-refractivity contribution < 1.29 is 19.4 Å². The van der Waals surface area contributed by atoms with Crippen LogP contribution in [-0.2, 0) is 9.53 Å². The van der Waals surface area contributed by atoms with Crippen LogP contribution >= 0.6 is 11.8 Å². The Balaban J connectivity index is 2.24. The highest BCUT2D eigenvalue weighted by molar-refractivity contribution is 7.99. The number of phenolic OH excluding ortho intramolecular Hbond substituents is 1. The number of benzene rings is 1. The van der Waals surface area contributed by atoms with E-state index < -0.39 is 0 Å². The third-order valence-electron chi connectivity index (χ3n) is 3.30. The second-order valence-electron chi connectivity index (χ2n) is 4.71. The highest BCUT2D eigenvalue weighted by atomic mass is 32.2. The van der Waals surface area contributed by atoms with Gasteiger partial charge in [-0.1, -0.05) is 6.07 Å². The number of nitrogens with zero attached hydrogens (tertiary/aromatic N) is 1. The second kappa shape index (κ2) is 7.56. The quantitative estimate of drug-likeness (QED) is 0.874. The lowest BCUT2D eigenvalue weighted by Crippen LogP contribution is -2.39. The van der Waals surface area contributed by atoms with E-state index in [1.807, 2.05) is 24.0 Å². The van der Waals surface area contributed by atoms with Gasteiger partial charge in [0, 0.05) is 25.8 Å². The lowest BCUT2D eigenvalue weighted by atomic mass is 10.1.